The Kier molecular flexibility index (Phi) is 5.63. The topological polar surface area (TPSA) is 120 Å². The van der Waals surface area contributed by atoms with E-state index in [0.29, 0.717) is 16.8 Å². The Morgan fingerprint density at radius 2 is 1.83 bits per heavy atom. The van der Waals surface area contributed by atoms with Crippen LogP contribution in [0.2, 0.25) is 0 Å². The van der Waals surface area contributed by atoms with Crippen LogP contribution in [0, 0.1) is 0 Å². The number of hydrogen-bond donors (Lipinski definition) is 2. The standard InChI is InChI=1S/C20H21N5O3S2/c1-13(19(26)22-15-9-11-17(12-10-15)30(21,27)28)29-20-23-18(14-7-8-14)25(24-20)16-5-3-2-4-6-16/h2-6,9-14H,7-8H2,1H3,(H,22,26)(H2,21,27,28)/t13-/m0/s1. The summed E-state index contributed by atoms with van der Waals surface area (Å²) in [5.74, 6) is 1.11. The third kappa shape index (κ3) is 4.72. The van der Waals surface area contributed by atoms with Gasteiger partial charge in [0.2, 0.25) is 21.1 Å². The quantitative estimate of drug-likeness (QED) is 0.542. The molecule has 1 heterocycles. The number of para-hydroxylation sites is 1. The molecule has 8 nitrogen and oxygen atoms in total. The van der Waals surface area contributed by atoms with Gasteiger partial charge in [0.25, 0.3) is 0 Å². The van der Waals surface area contributed by atoms with E-state index in [9.17, 15) is 13.2 Å². The van der Waals surface area contributed by atoms with Gasteiger partial charge in [0.15, 0.2) is 0 Å². The first kappa shape index (κ1) is 20.6. The Labute approximate surface area is 178 Å². The van der Waals surface area contributed by atoms with Crippen LogP contribution in [0.4, 0.5) is 5.69 Å². The van der Waals surface area contributed by atoms with Gasteiger partial charge in [0, 0.05) is 11.6 Å². The maximum atomic E-state index is 12.6. The summed E-state index contributed by atoms with van der Waals surface area (Å²) in [6, 6.07) is 15.5. The van der Waals surface area contributed by atoms with Crippen molar-refractivity contribution in [3.8, 4) is 5.69 Å². The fraction of sp³-hybridized carbons (Fsp3) is 0.250. The first-order valence-electron chi connectivity index (χ1n) is 9.44. The van der Waals surface area contributed by atoms with Crippen LogP contribution >= 0.6 is 11.8 Å². The summed E-state index contributed by atoms with van der Waals surface area (Å²) in [5, 5.41) is 12.6. The number of primary sulfonamides is 1. The number of carbonyl (C=O) groups excluding carboxylic acids is 1. The normalized spacial score (nSPS) is 15.0. The highest BCUT2D eigenvalue weighted by atomic mass is 32.2. The molecule has 0 bridgehead atoms. The van der Waals surface area contributed by atoms with Crippen LogP contribution in [0.5, 0.6) is 0 Å². The Hall–Kier alpha value is -2.69. The molecular formula is C20H21N5O3S2. The van der Waals surface area contributed by atoms with Gasteiger partial charge in [-0.05, 0) is 56.2 Å². The first-order chi connectivity index (χ1) is 14.3. The lowest BCUT2D eigenvalue weighted by Gasteiger charge is -2.10. The van der Waals surface area contributed by atoms with E-state index in [2.05, 4.69) is 15.4 Å². The summed E-state index contributed by atoms with van der Waals surface area (Å²) in [6.07, 6.45) is 2.19. The first-order valence-corrected chi connectivity index (χ1v) is 11.9. The molecule has 0 unspecified atom stereocenters. The van der Waals surface area contributed by atoms with Gasteiger partial charge in [0.1, 0.15) is 5.82 Å². The minimum atomic E-state index is -3.77. The van der Waals surface area contributed by atoms with Crippen molar-refractivity contribution in [2.24, 2.45) is 5.14 Å². The number of benzene rings is 2. The van der Waals surface area contributed by atoms with Gasteiger partial charge in [-0.15, -0.1) is 5.10 Å². The Bertz CT molecular complexity index is 1160. The number of hydrogen-bond acceptors (Lipinski definition) is 6. The molecule has 2 aromatic carbocycles. The molecule has 0 radical (unpaired) electrons. The van der Waals surface area contributed by atoms with Crippen molar-refractivity contribution in [3.05, 3.63) is 60.4 Å². The molecule has 0 aliphatic heterocycles. The van der Waals surface area contributed by atoms with Crippen molar-refractivity contribution in [2.75, 3.05) is 5.32 Å². The van der Waals surface area contributed by atoms with Crippen LogP contribution in [0.25, 0.3) is 5.69 Å². The van der Waals surface area contributed by atoms with Gasteiger partial charge in [0.05, 0.1) is 15.8 Å². The highest BCUT2D eigenvalue weighted by Gasteiger charge is 2.31. The molecule has 1 aliphatic carbocycles. The minimum Gasteiger partial charge on any atom is -0.325 e. The number of thioether (sulfide) groups is 1. The van der Waals surface area contributed by atoms with Crippen molar-refractivity contribution < 1.29 is 13.2 Å². The summed E-state index contributed by atoms with van der Waals surface area (Å²) >= 11 is 1.28. The molecule has 4 rings (SSSR count). The van der Waals surface area contributed by atoms with Crippen LogP contribution in [-0.2, 0) is 14.8 Å². The SMILES string of the molecule is C[C@H](Sc1nc(C2CC2)n(-c2ccccc2)n1)C(=O)Nc1ccc(S(N)(=O)=O)cc1. The molecule has 1 amide bonds. The number of rotatable bonds is 7. The zero-order valence-electron chi connectivity index (χ0n) is 16.2. The molecule has 0 spiro atoms. The highest BCUT2D eigenvalue weighted by molar-refractivity contribution is 8.00. The monoisotopic (exact) mass is 443 g/mol. The second kappa shape index (κ2) is 8.21. The zero-order chi connectivity index (χ0) is 21.3. The minimum absolute atomic E-state index is 0.00817. The molecule has 0 saturated heterocycles. The van der Waals surface area contributed by atoms with Gasteiger partial charge in [-0.25, -0.2) is 23.2 Å². The maximum absolute atomic E-state index is 12.6. The fourth-order valence-corrected chi connectivity index (χ4v) is 4.18. The summed E-state index contributed by atoms with van der Waals surface area (Å²) < 4.78 is 24.5. The molecule has 3 N–H and O–H groups in total. The van der Waals surface area contributed by atoms with E-state index >= 15 is 0 Å². The average molecular weight is 444 g/mol. The lowest BCUT2D eigenvalue weighted by molar-refractivity contribution is -0.115. The van der Waals surface area contributed by atoms with Crippen molar-refractivity contribution in [3.63, 3.8) is 0 Å². The van der Waals surface area contributed by atoms with E-state index in [1.807, 2.05) is 35.0 Å². The lowest BCUT2D eigenvalue weighted by atomic mass is 10.3. The highest BCUT2D eigenvalue weighted by Crippen LogP contribution is 2.40. The maximum Gasteiger partial charge on any atom is 0.238 e. The molecule has 30 heavy (non-hydrogen) atoms. The number of sulfonamides is 1. The van der Waals surface area contributed by atoms with Crippen molar-refractivity contribution >= 4 is 33.4 Å². The molecule has 3 aromatic rings. The van der Waals surface area contributed by atoms with Crippen LogP contribution < -0.4 is 10.5 Å². The number of nitrogens with one attached hydrogen (secondary N) is 1. The molecule has 1 aromatic heterocycles. The number of nitrogens with zero attached hydrogens (tertiary/aromatic N) is 3. The van der Waals surface area contributed by atoms with E-state index in [4.69, 9.17) is 5.14 Å². The summed E-state index contributed by atoms with van der Waals surface area (Å²) in [4.78, 5) is 17.2. The predicted molar refractivity (Wildman–Crippen MR) is 115 cm³/mol. The van der Waals surface area contributed by atoms with E-state index < -0.39 is 15.3 Å². The number of nitrogens with two attached hydrogens (primary N) is 1. The van der Waals surface area contributed by atoms with Crippen LogP contribution in [0.1, 0.15) is 31.5 Å². The third-order valence-corrected chi connectivity index (χ3v) is 6.54. The average Bonchev–Trinajstić information content (AvgIpc) is 3.48. The van der Waals surface area contributed by atoms with E-state index in [1.165, 1.54) is 36.0 Å². The number of aromatic nitrogens is 3. The molecule has 1 fully saturated rings. The van der Waals surface area contributed by atoms with Gasteiger partial charge < -0.3 is 5.32 Å². The van der Waals surface area contributed by atoms with E-state index in [0.717, 1.165) is 24.4 Å². The van der Waals surface area contributed by atoms with Crippen LogP contribution in [0.3, 0.4) is 0 Å². The van der Waals surface area contributed by atoms with Crippen LogP contribution in [0.15, 0.2) is 64.6 Å². The van der Waals surface area contributed by atoms with Crippen LogP contribution in [-0.4, -0.2) is 34.3 Å². The summed E-state index contributed by atoms with van der Waals surface area (Å²) in [5.41, 5.74) is 1.44. The van der Waals surface area contributed by atoms with Gasteiger partial charge in [-0.2, -0.15) is 0 Å². The molecule has 156 valence electrons. The zero-order valence-corrected chi connectivity index (χ0v) is 17.9. The molecule has 1 saturated carbocycles. The second-order valence-electron chi connectivity index (χ2n) is 7.09. The number of amides is 1. The van der Waals surface area contributed by atoms with Crippen molar-refractivity contribution in [1.29, 1.82) is 0 Å². The Morgan fingerprint density at radius 3 is 2.43 bits per heavy atom. The molecule has 10 heteroatoms. The third-order valence-electron chi connectivity index (χ3n) is 4.66. The van der Waals surface area contributed by atoms with Crippen molar-refractivity contribution in [1.82, 2.24) is 14.8 Å². The largest absolute Gasteiger partial charge is 0.325 e. The molecular weight excluding hydrogens is 422 g/mol. The summed E-state index contributed by atoms with van der Waals surface area (Å²) in [6.45, 7) is 1.78. The van der Waals surface area contributed by atoms with E-state index in [-0.39, 0.29) is 10.8 Å². The molecule has 1 aliphatic rings. The fourth-order valence-electron chi connectivity index (χ4n) is 2.90. The van der Waals surface area contributed by atoms with Crippen molar-refractivity contribution in [2.45, 2.75) is 41.0 Å². The summed E-state index contributed by atoms with van der Waals surface area (Å²) in [7, 11) is -3.77. The smallest absolute Gasteiger partial charge is 0.238 e. The molecule has 1 atom stereocenters. The number of anilines is 1. The van der Waals surface area contributed by atoms with Gasteiger partial charge in [-0.1, -0.05) is 30.0 Å². The Morgan fingerprint density at radius 1 is 1.17 bits per heavy atom. The van der Waals surface area contributed by atoms with Gasteiger partial charge >= 0.3 is 0 Å². The predicted octanol–water partition coefficient (Wildman–Crippen LogP) is 2.91. The second-order valence-corrected chi connectivity index (χ2v) is 9.96. The van der Waals surface area contributed by atoms with Gasteiger partial charge in [-0.3, -0.25) is 4.79 Å². The number of carbonyl (C=O) groups is 1. The van der Waals surface area contributed by atoms with E-state index in [1.54, 1.807) is 6.92 Å². The lowest BCUT2D eigenvalue weighted by Crippen LogP contribution is -2.22. The Balaban J connectivity index is 1.46.